The molecule has 0 aliphatic carbocycles. The van der Waals surface area contributed by atoms with Gasteiger partial charge in [-0.1, -0.05) is 18.2 Å². The molecule has 0 aliphatic rings. The molecule has 2 heterocycles. The summed E-state index contributed by atoms with van der Waals surface area (Å²) in [6, 6.07) is 12.0. The summed E-state index contributed by atoms with van der Waals surface area (Å²) >= 11 is 5.23. The minimum atomic E-state index is 0.576. The number of halogens is 1. The zero-order chi connectivity index (χ0) is 17.3. The van der Waals surface area contributed by atoms with E-state index < -0.39 is 0 Å². The average molecular weight is 418 g/mol. The molecular formula is C18H20BrN5S. The lowest BCUT2D eigenvalue weighted by Gasteiger charge is -2.10. The highest BCUT2D eigenvalue weighted by molar-refractivity contribution is 9.10. The third-order valence-electron chi connectivity index (χ3n) is 3.51. The molecule has 25 heavy (non-hydrogen) atoms. The molecule has 0 spiro atoms. The molecular weight excluding hydrogens is 398 g/mol. The van der Waals surface area contributed by atoms with Crippen LogP contribution in [0.15, 0.2) is 57.8 Å². The summed E-state index contributed by atoms with van der Waals surface area (Å²) in [7, 11) is 0. The maximum absolute atomic E-state index is 4.53. The van der Waals surface area contributed by atoms with Crippen molar-refractivity contribution in [3.8, 4) is 0 Å². The Hall–Kier alpha value is -1.96. The number of aromatic nitrogens is 2. The van der Waals surface area contributed by atoms with Crippen molar-refractivity contribution in [2.45, 2.75) is 13.0 Å². The van der Waals surface area contributed by atoms with Crippen LogP contribution < -0.4 is 16.0 Å². The van der Waals surface area contributed by atoms with Crippen LogP contribution in [0.5, 0.6) is 0 Å². The van der Waals surface area contributed by atoms with Gasteiger partial charge in [0.25, 0.3) is 0 Å². The van der Waals surface area contributed by atoms with E-state index >= 15 is 0 Å². The Labute approximate surface area is 160 Å². The first-order valence-electron chi connectivity index (χ1n) is 8.11. The highest BCUT2D eigenvalue weighted by atomic mass is 79.9. The molecule has 5 nitrogen and oxygen atoms in total. The van der Waals surface area contributed by atoms with E-state index in [0.29, 0.717) is 5.95 Å². The number of nitrogens with one attached hydrogen (secondary N) is 3. The summed E-state index contributed by atoms with van der Waals surface area (Å²) in [6.45, 7) is 2.73. The lowest BCUT2D eigenvalue weighted by Crippen LogP contribution is -2.17. The van der Waals surface area contributed by atoms with E-state index in [9.17, 15) is 0 Å². The summed E-state index contributed by atoms with van der Waals surface area (Å²) in [6.07, 6.45) is 2.78. The molecule has 0 radical (unpaired) electrons. The molecule has 3 aromatic rings. The summed E-state index contributed by atoms with van der Waals surface area (Å²) in [4.78, 5) is 8.83. The van der Waals surface area contributed by atoms with Crippen LogP contribution in [-0.2, 0) is 6.54 Å². The number of thiophene rings is 1. The van der Waals surface area contributed by atoms with Crippen LogP contribution in [0.4, 0.5) is 17.5 Å². The van der Waals surface area contributed by atoms with Gasteiger partial charge in [-0.25, -0.2) is 4.98 Å². The topological polar surface area (TPSA) is 61.9 Å². The Balaban J connectivity index is 1.44. The van der Waals surface area contributed by atoms with Gasteiger partial charge in [-0.3, -0.25) is 0 Å². The molecule has 0 unspecified atom stereocenters. The standard InChI is InChI=1S/C18H20BrN5S/c19-16-12-22-18(23-15-5-2-1-3-6-15)24-17(16)21-9-4-8-20-11-14-7-10-25-13-14/h1-3,5-7,10,12-13,20H,4,8-9,11H2,(H2,21,22,23,24). The van der Waals surface area contributed by atoms with E-state index in [2.05, 4.69) is 58.7 Å². The van der Waals surface area contributed by atoms with Gasteiger partial charge in [-0.2, -0.15) is 16.3 Å². The van der Waals surface area contributed by atoms with Gasteiger partial charge in [-0.05, 0) is 63.4 Å². The third kappa shape index (κ3) is 5.81. The number of benzene rings is 1. The minimum absolute atomic E-state index is 0.576. The predicted molar refractivity (Wildman–Crippen MR) is 109 cm³/mol. The van der Waals surface area contributed by atoms with Gasteiger partial charge in [0, 0.05) is 25.0 Å². The molecule has 3 N–H and O–H groups in total. The Morgan fingerprint density at radius 3 is 2.76 bits per heavy atom. The zero-order valence-electron chi connectivity index (χ0n) is 13.7. The fourth-order valence-electron chi connectivity index (χ4n) is 2.25. The number of para-hydroxylation sites is 1. The van der Waals surface area contributed by atoms with Gasteiger partial charge in [0.05, 0.1) is 4.47 Å². The first-order chi connectivity index (χ1) is 12.3. The number of hydrogen-bond acceptors (Lipinski definition) is 6. The molecule has 0 amide bonds. The average Bonchev–Trinajstić information content (AvgIpc) is 3.15. The Kier molecular flexibility index (Phi) is 6.79. The van der Waals surface area contributed by atoms with Crippen LogP contribution >= 0.6 is 27.3 Å². The number of nitrogens with zero attached hydrogens (tertiary/aromatic N) is 2. The van der Waals surface area contributed by atoms with Crippen molar-refractivity contribution in [3.63, 3.8) is 0 Å². The molecule has 0 fully saturated rings. The normalized spacial score (nSPS) is 10.6. The molecule has 0 saturated carbocycles. The van der Waals surface area contributed by atoms with Crippen molar-refractivity contribution in [3.05, 3.63) is 63.4 Å². The molecule has 0 aliphatic heterocycles. The minimum Gasteiger partial charge on any atom is -0.369 e. The maximum atomic E-state index is 4.53. The molecule has 130 valence electrons. The summed E-state index contributed by atoms with van der Waals surface area (Å²) in [5.41, 5.74) is 2.31. The second kappa shape index (κ2) is 9.50. The van der Waals surface area contributed by atoms with Crippen molar-refractivity contribution in [1.82, 2.24) is 15.3 Å². The largest absolute Gasteiger partial charge is 0.369 e. The van der Waals surface area contributed by atoms with E-state index in [0.717, 1.165) is 42.0 Å². The van der Waals surface area contributed by atoms with Crippen molar-refractivity contribution >= 4 is 44.7 Å². The van der Waals surface area contributed by atoms with Crippen LogP contribution in [-0.4, -0.2) is 23.1 Å². The second-order valence-corrected chi connectivity index (χ2v) is 7.10. The second-order valence-electron chi connectivity index (χ2n) is 5.47. The third-order valence-corrected chi connectivity index (χ3v) is 4.82. The van der Waals surface area contributed by atoms with Gasteiger partial charge in [-0.15, -0.1) is 0 Å². The van der Waals surface area contributed by atoms with Crippen molar-refractivity contribution in [2.24, 2.45) is 0 Å². The lowest BCUT2D eigenvalue weighted by molar-refractivity contribution is 0.664. The smallest absolute Gasteiger partial charge is 0.229 e. The van der Waals surface area contributed by atoms with Crippen LogP contribution in [0.2, 0.25) is 0 Å². The molecule has 1 aromatic carbocycles. The van der Waals surface area contributed by atoms with Crippen LogP contribution in [0.1, 0.15) is 12.0 Å². The van der Waals surface area contributed by atoms with Gasteiger partial charge in [0.1, 0.15) is 5.82 Å². The highest BCUT2D eigenvalue weighted by Crippen LogP contribution is 2.21. The van der Waals surface area contributed by atoms with Crippen LogP contribution in [0.25, 0.3) is 0 Å². The van der Waals surface area contributed by atoms with Crippen molar-refractivity contribution < 1.29 is 0 Å². The monoisotopic (exact) mass is 417 g/mol. The Morgan fingerprint density at radius 1 is 1.08 bits per heavy atom. The van der Waals surface area contributed by atoms with Gasteiger partial charge >= 0.3 is 0 Å². The maximum Gasteiger partial charge on any atom is 0.229 e. The molecule has 0 atom stereocenters. The first kappa shape index (κ1) is 17.8. The Morgan fingerprint density at radius 2 is 1.96 bits per heavy atom. The Bertz CT molecular complexity index is 764. The number of rotatable bonds is 9. The molecule has 0 saturated heterocycles. The van der Waals surface area contributed by atoms with E-state index in [1.165, 1.54) is 5.56 Å². The first-order valence-corrected chi connectivity index (χ1v) is 9.85. The highest BCUT2D eigenvalue weighted by Gasteiger charge is 2.05. The molecule has 0 bridgehead atoms. The van der Waals surface area contributed by atoms with Crippen LogP contribution in [0.3, 0.4) is 0 Å². The molecule has 3 rings (SSSR count). The van der Waals surface area contributed by atoms with E-state index in [1.807, 2.05) is 30.3 Å². The molecule has 7 heteroatoms. The fraction of sp³-hybridized carbons (Fsp3) is 0.222. The SMILES string of the molecule is Brc1cnc(Nc2ccccc2)nc1NCCCNCc1ccsc1. The van der Waals surface area contributed by atoms with Gasteiger partial charge in [0.15, 0.2) is 0 Å². The quantitative estimate of drug-likeness (QED) is 0.442. The summed E-state index contributed by atoms with van der Waals surface area (Å²) in [5, 5.41) is 14.3. The van der Waals surface area contributed by atoms with Gasteiger partial charge < -0.3 is 16.0 Å². The predicted octanol–water partition coefficient (Wildman–Crippen LogP) is 4.64. The van der Waals surface area contributed by atoms with Crippen molar-refractivity contribution in [2.75, 3.05) is 23.7 Å². The van der Waals surface area contributed by atoms with E-state index in [4.69, 9.17) is 0 Å². The van der Waals surface area contributed by atoms with E-state index in [1.54, 1.807) is 17.5 Å². The summed E-state index contributed by atoms with van der Waals surface area (Å²) in [5.74, 6) is 1.37. The van der Waals surface area contributed by atoms with Crippen LogP contribution in [0, 0.1) is 0 Å². The van der Waals surface area contributed by atoms with E-state index in [-0.39, 0.29) is 0 Å². The zero-order valence-corrected chi connectivity index (χ0v) is 16.1. The van der Waals surface area contributed by atoms with Gasteiger partial charge in [0.2, 0.25) is 5.95 Å². The fourth-order valence-corrected chi connectivity index (χ4v) is 3.25. The summed E-state index contributed by atoms with van der Waals surface area (Å²) < 4.78 is 0.859. The van der Waals surface area contributed by atoms with Crippen molar-refractivity contribution in [1.29, 1.82) is 0 Å². The molecule has 2 aromatic heterocycles. The number of hydrogen-bond donors (Lipinski definition) is 3. The lowest BCUT2D eigenvalue weighted by atomic mass is 10.3. The number of anilines is 3.